The third kappa shape index (κ3) is 6.16. The number of hydrogen-bond donors (Lipinski definition) is 2. The average molecular weight is 172 g/mol. The van der Waals surface area contributed by atoms with E-state index >= 15 is 0 Å². The lowest BCUT2D eigenvalue weighted by Crippen LogP contribution is -2.42. The van der Waals surface area contributed by atoms with Gasteiger partial charge in [0.2, 0.25) is 0 Å². The summed E-state index contributed by atoms with van der Waals surface area (Å²) in [6.45, 7) is 8.60. The summed E-state index contributed by atoms with van der Waals surface area (Å²) in [4.78, 5) is 10.4. The molecule has 0 spiro atoms. The molecule has 0 unspecified atom stereocenters. The molecule has 71 valence electrons. The smallest absolute Gasteiger partial charge is 0.305 e. The Morgan fingerprint density at radius 1 is 1.42 bits per heavy atom. The van der Waals surface area contributed by atoms with Crippen molar-refractivity contribution in [2.45, 2.75) is 39.7 Å². The molecule has 12 heavy (non-hydrogen) atoms. The Bertz CT molecular complexity index is 153. The zero-order valence-corrected chi connectivity index (χ0v) is 8.27. The van der Waals surface area contributed by atoms with Crippen molar-refractivity contribution in [2.24, 2.45) is 0 Å². The van der Waals surface area contributed by atoms with Gasteiger partial charge in [0, 0.05) is 12.1 Å². The van der Waals surface area contributed by atoms with Gasteiger partial charge in [-0.25, -0.2) is 0 Å². The van der Waals surface area contributed by atoms with Gasteiger partial charge >= 0.3 is 5.97 Å². The SMILES string of the molecule is C[C](C)CNC(C)(C)CC(=O)O. The molecule has 0 heterocycles. The van der Waals surface area contributed by atoms with Gasteiger partial charge in [-0.15, -0.1) is 0 Å². The highest BCUT2D eigenvalue weighted by atomic mass is 16.4. The second kappa shape index (κ2) is 4.45. The minimum atomic E-state index is -0.763. The van der Waals surface area contributed by atoms with Gasteiger partial charge in [-0.3, -0.25) is 4.79 Å². The van der Waals surface area contributed by atoms with Crippen LogP contribution in [0.3, 0.4) is 0 Å². The molecule has 0 atom stereocenters. The molecule has 0 aliphatic carbocycles. The van der Waals surface area contributed by atoms with Crippen molar-refractivity contribution >= 4 is 5.97 Å². The van der Waals surface area contributed by atoms with Crippen LogP contribution < -0.4 is 5.32 Å². The molecule has 0 amide bonds. The van der Waals surface area contributed by atoms with Crippen molar-refractivity contribution in [3.63, 3.8) is 0 Å². The molecule has 3 nitrogen and oxygen atoms in total. The first-order valence-electron chi connectivity index (χ1n) is 4.09. The summed E-state index contributed by atoms with van der Waals surface area (Å²) in [6, 6.07) is 0. The van der Waals surface area contributed by atoms with E-state index in [1.54, 1.807) is 0 Å². The van der Waals surface area contributed by atoms with Crippen molar-refractivity contribution in [3.8, 4) is 0 Å². The Balaban J connectivity index is 3.78. The topological polar surface area (TPSA) is 49.3 Å². The normalized spacial score (nSPS) is 12.1. The number of rotatable bonds is 5. The summed E-state index contributed by atoms with van der Waals surface area (Å²) < 4.78 is 0. The Morgan fingerprint density at radius 3 is 2.25 bits per heavy atom. The minimum absolute atomic E-state index is 0.153. The highest BCUT2D eigenvalue weighted by Gasteiger charge is 2.20. The third-order valence-electron chi connectivity index (χ3n) is 1.51. The number of hydrogen-bond acceptors (Lipinski definition) is 2. The third-order valence-corrected chi connectivity index (χ3v) is 1.51. The molecule has 0 aliphatic rings. The summed E-state index contributed by atoms with van der Waals surface area (Å²) in [5.41, 5.74) is -0.316. The molecule has 0 aromatic rings. The number of aliphatic carboxylic acids is 1. The number of carboxylic acids is 1. The molecular formula is C9H18NO2. The lowest BCUT2D eigenvalue weighted by atomic mass is 10.00. The van der Waals surface area contributed by atoms with Crippen molar-refractivity contribution in [1.29, 1.82) is 0 Å². The van der Waals surface area contributed by atoms with E-state index in [1.807, 2.05) is 27.7 Å². The van der Waals surface area contributed by atoms with E-state index < -0.39 is 5.97 Å². The molecule has 0 saturated heterocycles. The van der Waals surface area contributed by atoms with Gasteiger partial charge in [0.25, 0.3) is 0 Å². The standard InChI is InChI=1S/C9H18NO2/c1-7(2)6-10-9(3,4)5-8(11)12/h10H,5-6H2,1-4H3,(H,11,12). The van der Waals surface area contributed by atoms with Gasteiger partial charge in [0.1, 0.15) is 0 Å². The zero-order valence-electron chi connectivity index (χ0n) is 8.27. The molecule has 0 aromatic heterocycles. The van der Waals surface area contributed by atoms with Crippen LogP contribution in [0.15, 0.2) is 0 Å². The van der Waals surface area contributed by atoms with Gasteiger partial charge in [-0.2, -0.15) is 0 Å². The van der Waals surface area contributed by atoms with Gasteiger partial charge in [0.15, 0.2) is 0 Å². The minimum Gasteiger partial charge on any atom is -0.481 e. The quantitative estimate of drug-likeness (QED) is 0.659. The van der Waals surface area contributed by atoms with E-state index in [-0.39, 0.29) is 12.0 Å². The first-order chi connectivity index (χ1) is 5.33. The van der Waals surface area contributed by atoms with Gasteiger partial charge in [0.05, 0.1) is 6.42 Å². The van der Waals surface area contributed by atoms with Gasteiger partial charge in [-0.05, 0) is 19.8 Å². The maximum absolute atomic E-state index is 10.4. The molecule has 0 bridgehead atoms. The molecule has 0 rings (SSSR count). The van der Waals surface area contributed by atoms with Crippen LogP contribution in [0.4, 0.5) is 0 Å². The maximum atomic E-state index is 10.4. The van der Waals surface area contributed by atoms with Crippen LogP contribution in [-0.2, 0) is 4.79 Å². The molecule has 0 fully saturated rings. The number of nitrogens with one attached hydrogen (secondary N) is 1. The second-order valence-electron chi connectivity index (χ2n) is 4.02. The number of carbonyl (C=O) groups is 1. The summed E-state index contributed by atoms with van der Waals surface area (Å²) in [5.74, 6) is 0.495. The van der Waals surface area contributed by atoms with E-state index in [4.69, 9.17) is 5.11 Å². The summed E-state index contributed by atoms with van der Waals surface area (Å²) in [5, 5.41) is 11.7. The first-order valence-corrected chi connectivity index (χ1v) is 4.09. The molecule has 2 N–H and O–H groups in total. The lowest BCUT2D eigenvalue weighted by Gasteiger charge is -2.25. The molecule has 0 aliphatic heterocycles. The zero-order chi connectivity index (χ0) is 9.78. The van der Waals surface area contributed by atoms with E-state index in [2.05, 4.69) is 5.32 Å². The van der Waals surface area contributed by atoms with Crippen LogP contribution in [0.1, 0.15) is 34.1 Å². The molecule has 1 radical (unpaired) electrons. The van der Waals surface area contributed by atoms with Crippen molar-refractivity contribution in [3.05, 3.63) is 5.92 Å². The fourth-order valence-corrected chi connectivity index (χ4v) is 0.857. The molecular weight excluding hydrogens is 154 g/mol. The second-order valence-corrected chi connectivity index (χ2v) is 4.02. The summed E-state index contributed by atoms with van der Waals surface area (Å²) >= 11 is 0. The lowest BCUT2D eigenvalue weighted by molar-refractivity contribution is -0.138. The number of carboxylic acid groups (broad SMARTS) is 1. The average Bonchev–Trinajstić information content (AvgIpc) is 1.81. The van der Waals surface area contributed by atoms with Crippen LogP contribution in [0.2, 0.25) is 0 Å². The molecule has 0 saturated carbocycles. The predicted octanol–water partition coefficient (Wildman–Crippen LogP) is 1.44. The molecule has 0 aromatic carbocycles. The fraction of sp³-hybridized carbons (Fsp3) is 0.778. The fourth-order valence-electron chi connectivity index (χ4n) is 0.857. The highest BCUT2D eigenvalue weighted by Crippen LogP contribution is 2.08. The Labute approximate surface area is 74.2 Å². The predicted molar refractivity (Wildman–Crippen MR) is 48.9 cm³/mol. The monoisotopic (exact) mass is 172 g/mol. The Kier molecular flexibility index (Phi) is 4.24. The largest absolute Gasteiger partial charge is 0.481 e. The van der Waals surface area contributed by atoms with E-state index in [9.17, 15) is 4.79 Å². The maximum Gasteiger partial charge on any atom is 0.305 e. The van der Waals surface area contributed by atoms with E-state index in [1.165, 1.54) is 5.92 Å². The van der Waals surface area contributed by atoms with Crippen molar-refractivity contribution in [1.82, 2.24) is 5.32 Å². The van der Waals surface area contributed by atoms with Crippen LogP contribution in [0.5, 0.6) is 0 Å². The van der Waals surface area contributed by atoms with Crippen LogP contribution >= 0.6 is 0 Å². The van der Waals surface area contributed by atoms with Gasteiger partial charge in [-0.1, -0.05) is 13.8 Å². The first kappa shape index (κ1) is 11.4. The van der Waals surface area contributed by atoms with Crippen molar-refractivity contribution in [2.75, 3.05) is 6.54 Å². The summed E-state index contributed by atoms with van der Waals surface area (Å²) in [7, 11) is 0. The van der Waals surface area contributed by atoms with Crippen LogP contribution in [0.25, 0.3) is 0 Å². The van der Waals surface area contributed by atoms with E-state index in [0.29, 0.717) is 0 Å². The highest BCUT2D eigenvalue weighted by molar-refractivity contribution is 5.68. The Morgan fingerprint density at radius 2 is 1.92 bits per heavy atom. The Hall–Kier alpha value is -0.570. The summed E-state index contributed by atoms with van der Waals surface area (Å²) in [6.07, 6.45) is 0.153. The van der Waals surface area contributed by atoms with E-state index in [0.717, 1.165) is 6.54 Å². The van der Waals surface area contributed by atoms with Crippen molar-refractivity contribution < 1.29 is 9.90 Å². The van der Waals surface area contributed by atoms with Crippen LogP contribution in [-0.4, -0.2) is 23.2 Å². The molecule has 3 heteroatoms. The van der Waals surface area contributed by atoms with Gasteiger partial charge < -0.3 is 10.4 Å². The van der Waals surface area contributed by atoms with Crippen LogP contribution in [0, 0.1) is 5.92 Å².